The largest absolute Gasteiger partial charge is 0.475 e. The number of nitriles is 1. The average molecular weight is 312 g/mol. The Morgan fingerprint density at radius 1 is 1.48 bits per heavy atom. The maximum Gasteiger partial charge on any atom is 0.239 e. The zero-order chi connectivity index (χ0) is 15.3. The van der Waals surface area contributed by atoms with Crippen molar-refractivity contribution in [2.24, 2.45) is 5.14 Å². The molecule has 1 saturated heterocycles. The van der Waals surface area contributed by atoms with Crippen LogP contribution in [0.1, 0.15) is 5.56 Å². The maximum atomic E-state index is 11.2. The molecule has 1 aromatic rings. The monoisotopic (exact) mass is 312 g/mol. The molecule has 21 heavy (non-hydrogen) atoms. The molecule has 1 aliphatic heterocycles. The van der Waals surface area contributed by atoms with Crippen molar-refractivity contribution < 1.29 is 17.9 Å². The van der Waals surface area contributed by atoms with Gasteiger partial charge in [-0.3, -0.25) is 4.90 Å². The van der Waals surface area contributed by atoms with Crippen molar-refractivity contribution in [3.05, 3.63) is 17.8 Å². The third-order valence-electron chi connectivity index (χ3n) is 3.03. The Morgan fingerprint density at radius 2 is 2.19 bits per heavy atom. The third-order valence-corrected chi connectivity index (χ3v) is 3.91. The molecule has 2 heterocycles. The highest BCUT2D eigenvalue weighted by atomic mass is 32.2. The number of aromatic nitrogens is 1. The van der Waals surface area contributed by atoms with Crippen molar-refractivity contribution in [2.45, 2.75) is 4.90 Å². The maximum absolute atomic E-state index is 11.2. The quantitative estimate of drug-likeness (QED) is 0.764. The van der Waals surface area contributed by atoms with E-state index in [0.717, 1.165) is 25.4 Å². The predicted octanol–water partition coefficient (Wildman–Crippen LogP) is -0.688. The summed E-state index contributed by atoms with van der Waals surface area (Å²) in [6.45, 7) is 4.12. The van der Waals surface area contributed by atoms with Gasteiger partial charge in [0.25, 0.3) is 0 Å². The van der Waals surface area contributed by atoms with Gasteiger partial charge in [0.15, 0.2) is 0 Å². The minimum atomic E-state index is -3.88. The number of rotatable bonds is 5. The van der Waals surface area contributed by atoms with Gasteiger partial charge < -0.3 is 9.47 Å². The standard InChI is InChI=1S/C12H16N4O4S/c13-8-10-7-11(21(14,17)18)9-15-12(10)20-6-3-16-1-4-19-5-2-16/h7,9H,1-6H2,(H2,14,17,18). The van der Waals surface area contributed by atoms with E-state index in [1.807, 2.05) is 6.07 Å². The number of pyridine rings is 1. The van der Waals surface area contributed by atoms with Crippen LogP contribution in [0.4, 0.5) is 0 Å². The average Bonchev–Trinajstić information content (AvgIpc) is 2.47. The van der Waals surface area contributed by atoms with Gasteiger partial charge in [-0.25, -0.2) is 18.5 Å². The molecule has 0 atom stereocenters. The normalized spacial score (nSPS) is 16.4. The lowest BCUT2D eigenvalue weighted by molar-refractivity contribution is 0.0320. The van der Waals surface area contributed by atoms with E-state index in [1.165, 1.54) is 0 Å². The molecule has 0 aromatic carbocycles. The van der Waals surface area contributed by atoms with Crippen LogP contribution in [0.3, 0.4) is 0 Å². The summed E-state index contributed by atoms with van der Waals surface area (Å²) in [5.74, 6) is 0.109. The Labute approximate surface area is 123 Å². The third kappa shape index (κ3) is 4.37. The molecule has 0 bridgehead atoms. The zero-order valence-electron chi connectivity index (χ0n) is 11.4. The van der Waals surface area contributed by atoms with E-state index in [2.05, 4.69) is 9.88 Å². The van der Waals surface area contributed by atoms with Gasteiger partial charge in [0, 0.05) is 19.6 Å². The molecule has 0 radical (unpaired) electrons. The van der Waals surface area contributed by atoms with Gasteiger partial charge in [-0.1, -0.05) is 0 Å². The van der Waals surface area contributed by atoms with E-state index < -0.39 is 10.0 Å². The molecular weight excluding hydrogens is 296 g/mol. The molecule has 1 aliphatic rings. The molecule has 0 aliphatic carbocycles. The van der Waals surface area contributed by atoms with E-state index in [9.17, 15) is 8.42 Å². The summed E-state index contributed by atoms with van der Waals surface area (Å²) >= 11 is 0. The second kappa shape index (κ2) is 6.82. The SMILES string of the molecule is N#Cc1cc(S(N)(=O)=O)cnc1OCCN1CCOCC1. The minimum Gasteiger partial charge on any atom is -0.475 e. The first-order valence-corrected chi connectivity index (χ1v) is 7.91. The van der Waals surface area contributed by atoms with E-state index in [0.29, 0.717) is 26.4 Å². The molecule has 114 valence electrons. The van der Waals surface area contributed by atoms with Crippen LogP contribution >= 0.6 is 0 Å². The fourth-order valence-electron chi connectivity index (χ4n) is 1.88. The molecule has 0 spiro atoms. The summed E-state index contributed by atoms with van der Waals surface area (Å²) in [6.07, 6.45) is 1.08. The van der Waals surface area contributed by atoms with E-state index in [1.54, 1.807) is 0 Å². The topological polar surface area (TPSA) is 119 Å². The van der Waals surface area contributed by atoms with Crippen molar-refractivity contribution in [2.75, 3.05) is 39.5 Å². The number of sulfonamides is 1. The van der Waals surface area contributed by atoms with Crippen molar-refractivity contribution >= 4 is 10.0 Å². The second-order valence-electron chi connectivity index (χ2n) is 4.48. The lowest BCUT2D eigenvalue weighted by Gasteiger charge is -2.26. The van der Waals surface area contributed by atoms with Crippen LogP contribution in [0.25, 0.3) is 0 Å². The lowest BCUT2D eigenvalue weighted by atomic mass is 10.3. The van der Waals surface area contributed by atoms with Crippen LogP contribution in [-0.4, -0.2) is 57.8 Å². The number of hydrogen-bond acceptors (Lipinski definition) is 7. The summed E-state index contributed by atoms with van der Waals surface area (Å²) in [4.78, 5) is 5.82. The predicted molar refractivity (Wildman–Crippen MR) is 73.1 cm³/mol. The molecule has 0 amide bonds. The van der Waals surface area contributed by atoms with Crippen LogP contribution in [0, 0.1) is 11.3 Å². The van der Waals surface area contributed by atoms with Gasteiger partial charge in [0.2, 0.25) is 15.9 Å². The minimum absolute atomic E-state index is 0.0449. The Bertz CT molecular complexity index is 635. The highest BCUT2D eigenvalue weighted by Crippen LogP contribution is 2.17. The summed E-state index contributed by atoms with van der Waals surface area (Å²) in [6, 6.07) is 3.01. The highest BCUT2D eigenvalue weighted by molar-refractivity contribution is 7.89. The lowest BCUT2D eigenvalue weighted by Crippen LogP contribution is -2.38. The number of hydrogen-bond donors (Lipinski definition) is 1. The van der Waals surface area contributed by atoms with Crippen LogP contribution in [0.2, 0.25) is 0 Å². The first kappa shape index (κ1) is 15.7. The Kier molecular flexibility index (Phi) is 5.08. The van der Waals surface area contributed by atoms with Crippen LogP contribution < -0.4 is 9.88 Å². The molecular formula is C12H16N4O4S. The molecule has 2 N–H and O–H groups in total. The van der Waals surface area contributed by atoms with Crippen LogP contribution in [0.15, 0.2) is 17.2 Å². The Balaban J connectivity index is 1.98. The summed E-state index contributed by atoms with van der Waals surface area (Å²) in [7, 11) is -3.88. The number of nitrogens with two attached hydrogens (primary N) is 1. The van der Waals surface area contributed by atoms with Gasteiger partial charge in [-0.15, -0.1) is 0 Å². The smallest absolute Gasteiger partial charge is 0.239 e. The Morgan fingerprint density at radius 3 is 2.81 bits per heavy atom. The molecule has 9 heteroatoms. The second-order valence-corrected chi connectivity index (χ2v) is 6.04. The van der Waals surface area contributed by atoms with E-state index >= 15 is 0 Å². The van der Waals surface area contributed by atoms with Crippen molar-refractivity contribution in [3.63, 3.8) is 0 Å². The molecule has 1 fully saturated rings. The van der Waals surface area contributed by atoms with Crippen LogP contribution in [0.5, 0.6) is 5.88 Å². The number of morpholine rings is 1. The van der Waals surface area contributed by atoms with Crippen molar-refractivity contribution in [1.29, 1.82) is 5.26 Å². The van der Waals surface area contributed by atoms with E-state index in [-0.39, 0.29) is 16.3 Å². The van der Waals surface area contributed by atoms with Crippen molar-refractivity contribution in [3.8, 4) is 11.9 Å². The fraction of sp³-hybridized carbons (Fsp3) is 0.500. The number of ether oxygens (including phenoxy) is 2. The highest BCUT2D eigenvalue weighted by Gasteiger charge is 2.15. The van der Waals surface area contributed by atoms with Gasteiger partial charge >= 0.3 is 0 Å². The molecule has 0 saturated carbocycles. The number of nitrogens with zero attached hydrogens (tertiary/aromatic N) is 3. The summed E-state index contributed by atoms with van der Waals surface area (Å²) in [5, 5.41) is 14.0. The van der Waals surface area contributed by atoms with Gasteiger partial charge in [-0.2, -0.15) is 5.26 Å². The van der Waals surface area contributed by atoms with Gasteiger partial charge in [0.05, 0.1) is 19.4 Å². The molecule has 2 rings (SSSR count). The van der Waals surface area contributed by atoms with Gasteiger partial charge in [-0.05, 0) is 6.07 Å². The molecule has 1 aromatic heterocycles. The van der Waals surface area contributed by atoms with Crippen LogP contribution in [-0.2, 0) is 14.8 Å². The first-order chi connectivity index (χ1) is 10.0. The van der Waals surface area contributed by atoms with Crippen molar-refractivity contribution in [1.82, 2.24) is 9.88 Å². The molecule has 8 nitrogen and oxygen atoms in total. The van der Waals surface area contributed by atoms with Gasteiger partial charge in [0.1, 0.15) is 23.1 Å². The number of primary sulfonamides is 1. The Hall–Kier alpha value is -1.73. The fourth-order valence-corrected chi connectivity index (χ4v) is 2.36. The summed E-state index contributed by atoms with van der Waals surface area (Å²) in [5.41, 5.74) is 0.0449. The van der Waals surface area contributed by atoms with E-state index in [4.69, 9.17) is 19.9 Å². The molecule has 0 unspecified atom stereocenters. The zero-order valence-corrected chi connectivity index (χ0v) is 12.2. The summed E-state index contributed by atoms with van der Waals surface area (Å²) < 4.78 is 33.1. The first-order valence-electron chi connectivity index (χ1n) is 6.36.